The van der Waals surface area contributed by atoms with Gasteiger partial charge in [0.1, 0.15) is 6.10 Å². The van der Waals surface area contributed by atoms with Crippen molar-refractivity contribution in [3.63, 3.8) is 0 Å². The quantitative estimate of drug-likeness (QED) is 0.688. The van der Waals surface area contributed by atoms with Gasteiger partial charge >= 0.3 is 6.09 Å². The predicted molar refractivity (Wildman–Crippen MR) is 58.1 cm³/mol. The smallest absolute Gasteiger partial charge is 0.404 e. The van der Waals surface area contributed by atoms with E-state index in [1.807, 2.05) is 6.92 Å². The number of carbonyl (C=O) groups excluding carboxylic acids is 1. The molecular formula is C11H23NO2. The van der Waals surface area contributed by atoms with Crippen molar-refractivity contribution in [3.8, 4) is 0 Å². The molecule has 0 aromatic heterocycles. The van der Waals surface area contributed by atoms with E-state index in [1.54, 1.807) is 0 Å². The average molecular weight is 201 g/mol. The fourth-order valence-corrected chi connectivity index (χ4v) is 1.92. The van der Waals surface area contributed by atoms with Crippen molar-refractivity contribution in [1.29, 1.82) is 0 Å². The molecule has 0 aromatic carbocycles. The third kappa shape index (κ3) is 5.10. The highest BCUT2D eigenvalue weighted by Crippen LogP contribution is 2.22. The van der Waals surface area contributed by atoms with Gasteiger partial charge in [-0.2, -0.15) is 0 Å². The molecule has 84 valence electrons. The van der Waals surface area contributed by atoms with Gasteiger partial charge in [0, 0.05) is 0 Å². The van der Waals surface area contributed by atoms with E-state index >= 15 is 0 Å². The molecule has 2 N–H and O–H groups in total. The first-order valence-electron chi connectivity index (χ1n) is 5.61. The third-order valence-corrected chi connectivity index (χ3v) is 2.51. The second kappa shape index (κ2) is 7.65. The topological polar surface area (TPSA) is 52.3 Å². The molecule has 0 aliphatic carbocycles. The van der Waals surface area contributed by atoms with Crippen LogP contribution in [0.1, 0.15) is 52.9 Å². The van der Waals surface area contributed by atoms with Gasteiger partial charge in [0.25, 0.3) is 0 Å². The van der Waals surface area contributed by atoms with Crippen LogP contribution >= 0.6 is 0 Å². The first-order valence-corrected chi connectivity index (χ1v) is 5.61. The Hall–Kier alpha value is -0.730. The Bertz CT molecular complexity index is 153. The van der Waals surface area contributed by atoms with Crippen molar-refractivity contribution in [2.45, 2.75) is 59.0 Å². The van der Waals surface area contributed by atoms with Crippen LogP contribution in [0.5, 0.6) is 0 Å². The minimum Gasteiger partial charge on any atom is -0.446 e. The van der Waals surface area contributed by atoms with Gasteiger partial charge in [0.15, 0.2) is 0 Å². The lowest BCUT2D eigenvalue weighted by atomic mass is 9.91. The van der Waals surface area contributed by atoms with Crippen molar-refractivity contribution in [2.75, 3.05) is 0 Å². The monoisotopic (exact) mass is 201 g/mol. The van der Waals surface area contributed by atoms with E-state index in [9.17, 15) is 4.79 Å². The third-order valence-electron chi connectivity index (χ3n) is 2.51. The van der Waals surface area contributed by atoms with E-state index in [4.69, 9.17) is 10.5 Å². The Morgan fingerprint density at radius 1 is 1.21 bits per heavy atom. The molecule has 0 radical (unpaired) electrons. The van der Waals surface area contributed by atoms with Crippen LogP contribution in [-0.4, -0.2) is 12.2 Å². The van der Waals surface area contributed by atoms with Gasteiger partial charge in [-0.25, -0.2) is 4.79 Å². The Labute approximate surface area is 87.0 Å². The zero-order valence-electron chi connectivity index (χ0n) is 9.58. The molecule has 0 bridgehead atoms. The van der Waals surface area contributed by atoms with E-state index < -0.39 is 6.09 Å². The molecule has 1 unspecified atom stereocenters. The molecule has 0 aliphatic rings. The average Bonchev–Trinajstić information content (AvgIpc) is 2.13. The van der Waals surface area contributed by atoms with E-state index in [1.165, 1.54) is 0 Å². The second-order valence-corrected chi connectivity index (χ2v) is 3.72. The Morgan fingerprint density at radius 2 is 1.71 bits per heavy atom. The van der Waals surface area contributed by atoms with Gasteiger partial charge in [0.2, 0.25) is 0 Å². The van der Waals surface area contributed by atoms with Gasteiger partial charge in [0.05, 0.1) is 0 Å². The van der Waals surface area contributed by atoms with Crippen molar-refractivity contribution < 1.29 is 9.53 Å². The zero-order chi connectivity index (χ0) is 11.0. The maximum Gasteiger partial charge on any atom is 0.404 e. The second-order valence-electron chi connectivity index (χ2n) is 3.72. The van der Waals surface area contributed by atoms with Crippen LogP contribution in [0.3, 0.4) is 0 Å². The zero-order valence-corrected chi connectivity index (χ0v) is 9.58. The van der Waals surface area contributed by atoms with Gasteiger partial charge in [-0.3, -0.25) is 0 Å². The number of carbonyl (C=O) groups is 1. The summed E-state index contributed by atoms with van der Waals surface area (Å²) in [7, 11) is 0. The predicted octanol–water partition coefficient (Wildman–Crippen LogP) is 3.08. The van der Waals surface area contributed by atoms with Gasteiger partial charge in [-0.1, -0.05) is 33.6 Å². The number of hydrogen-bond acceptors (Lipinski definition) is 2. The number of primary amides is 1. The molecule has 0 saturated heterocycles. The van der Waals surface area contributed by atoms with E-state index in [0.29, 0.717) is 5.92 Å². The molecule has 0 fully saturated rings. The lowest BCUT2D eigenvalue weighted by Gasteiger charge is -2.24. The molecule has 1 amide bonds. The summed E-state index contributed by atoms with van der Waals surface area (Å²) in [6.07, 6.45) is 4.70. The van der Waals surface area contributed by atoms with Crippen LogP contribution in [0, 0.1) is 5.92 Å². The summed E-state index contributed by atoms with van der Waals surface area (Å²) in [6, 6.07) is 0. The molecule has 1 atom stereocenters. The summed E-state index contributed by atoms with van der Waals surface area (Å²) in [5, 5.41) is 0. The molecule has 0 aliphatic heterocycles. The van der Waals surface area contributed by atoms with Crippen LogP contribution in [-0.2, 0) is 4.74 Å². The highest BCUT2D eigenvalue weighted by Gasteiger charge is 2.21. The first-order chi connectivity index (χ1) is 6.65. The summed E-state index contributed by atoms with van der Waals surface area (Å²) in [5.41, 5.74) is 5.04. The van der Waals surface area contributed by atoms with Crippen LogP contribution in [0.25, 0.3) is 0 Å². The lowest BCUT2D eigenvalue weighted by molar-refractivity contribution is 0.0586. The molecule has 0 rings (SSSR count). The van der Waals surface area contributed by atoms with Gasteiger partial charge in [-0.15, -0.1) is 0 Å². The Morgan fingerprint density at radius 3 is 2.00 bits per heavy atom. The van der Waals surface area contributed by atoms with Crippen LogP contribution in [0.15, 0.2) is 0 Å². The maximum absolute atomic E-state index is 10.7. The van der Waals surface area contributed by atoms with E-state index in [0.717, 1.165) is 32.1 Å². The SMILES string of the molecule is CCCC(CCC)C(CC)OC(N)=O. The van der Waals surface area contributed by atoms with Gasteiger partial charge < -0.3 is 10.5 Å². The van der Waals surface area contributed by atoms with Gasteiger partial charge in [-0.05, 0) is 25.2 Å². The number of rotatable bonds is 7. The molecule has 3 heteroatoms. The summed E-state index contributed by atoms with van der Waals surface area (Å²) in [6.45, 7) is 6.34. The number of hydrogen-bond donors (Lipinski definition) is 1. The van der Waals surface area contributed by atoms with Crippen LogP contribution in [0.2, 0.25) is 0 Å². The minimum atomic E-state index is -0.644. The van der Waals surface area contributed by atoms with E-state index in [2.05, 4.69) is 13.8 Å². The molecule has 0 heterocycles. The highest BCUT2D eigenvalue weighted by molar-refractivity contribution is 5.64. The first kappa shape index (κ1) is 13.3. The summed E-state index contributed by atoms with van der Waals surface area (Å²) < 4.78 is 5.11. The summed E-state index contributed by atoms with van der Waals surface area (Å²) >= 11 is 0. The Balaban J connectivity index is 4.16. The molecular weight excluding hydrogens is 178 g/mol. The number of ether oxygens (including phenoxy) is 1. The highest BCUT2D eigenvalue weighted by atomic mass is 16.6. The molecule has 0 spiro atoms. The number of nitrogens with two attached hydrogens (primary N) is 1. The fraction of sp³-hybridized carbons (Fsp3) is 0.909. The maximum atomic E-state index is 10.7. The van der Waals surface area contributed by atoms with Crippen molar-refractivity contribution in [2.24, 2.45) is 11.7 Å². The lowest BCUT2D eigenvalue weighted by Crippen LogP contribution is -2.29. The minimum absolute atomic E-state index is 0.00685. The summed E-state index contributed by atoms with van der Waals surface area (Å²) in [5.74, 6) is 0.475. The van der Waals surface area contributed by atoms with E-state index in [-0.39, 0.29) is 6.10 Å². The molecule has 3 nitrogen and oxygen atoms in total. The number of amides is 1. The molecule has 0 aromatic rings. The Kier molecular flexibility index (Phi) is 7.25. The fourth-order valence-electron chi connectivity index (χ4n) is 1.92. The normalized spacial score (nSPS) is 12.9. The van der Waals surface area contributed by atoms with Crippen molar-refractivity contribution in [3.05, 3.63) is 0 Å². The summed E-state index contributed by atoms with van der Waals surface area (Å²) in [4.78, 5) is 10.7. The standard InChI is InChI=1S/C11H23NO2/c1-4-7-9(8-5-2)10(6-3)14-11(12)13/h9-10H,4-8H2,1-3H3,(H2,12,13). The van der Waals surface area contributed by atoms with Crippen molar-refractivity contribution in [1.82, 2.24) is 0 Å². The van der Waals surface area contributed by atoms with Crippen LogP contribution < -0.4 is 5.73 Å². The largest absolute Gasteiger partial charge is 0.446 e. The molecule has 0 saturated carbocycles. The molecule has 14 heavy (non-hydrogen) atoms. The van der Waals surface area contributed by atoms with Crippen LogP contribution in [0.4, 0.5) is 4.79 Å². The van der Waals surface area contributed by atoms with Crippen molar-refractivity contribution >= 4 is 6.09 Å².